The molecule has 4 rings (SSSR count). The van der Waals surface area contributed by atoms with Crippen LogP contribution in [0, 0.1) is 0 Å². The van der Waals surface area contributed by atoms with Crippen molar-refractivity contribution < 1.29 is 23.8 Å². The molecule has 2 fully saturated rings. The molecule has 2 aromatic rings. The van der Waals surface area contributed by atoms with Crippen molar-refractivity contribution in [3.05, 3.63) is 54.6 Å². The highest BCUT2D eigenvalue weighted by Gasteiger charge is 2.42. The second-order valence-electron chi connectivity index (χ2n) is 9.75. The number of anilines is 1. The van der Waals surface area contributed by atoms with Crippen molar-refractivity contribution in [3.8, 4) is 11.5 Å². The third-order valence-corrected chi connectivity index (χ3v) is 6.72. The molecule has 1 atom stereocenters. The molecule has 0 spiro atoms. The van der Waals surface area contributed by atoms with Crippen LogP contribution in [0.5, 0.6) is 11.5 Å². The number of carbonyl (C=O) groups excluding carboxylic acids is 2. The van der Waals surface area contributed by atoms with Crippen molar-refractivity contribution in [3.63, 3.8) is 0 Å². The number of rotatable bonds is 9. The summed E-state index contributed by atoms with van der Waals surface area (Å²) < 4.78 is 18.1. The predicted octanol–water partition coefficient (Wildman–Crippen LogP) is 3.21. The van der Waals surface area contributed by atoms with E-state index in [0.29, 0.717) is 24.7 Å². The van der Waals surface area contributed by atoms with Gasteiger partial charge in [-0.15, -0.1) is 0 Å². The first-order valence-corrected chi connectivity index (χ1v) is 12.7. The number of carbonyl (C=O) groups is 2. The van der Waals surface area contributed by atoms with Crippen LogP contribution in [0.3, 0.4) is 0 Å². The van der Waals surface area contributed by atoms with Gasteiger partial charge in [-0.25, -0.2) is 0 Å². The van der Waals surface area contributed by atoms with Gasteiger partial charge in [0, 0.05) is 45.5 Å². The van der Waals surface area contributed by atoms with Crippen molar-refractivity contribution in [1.82, 2.24) is 9.80 Å². The Morgan fingerprint density at radius 2 is 1.64 bits per heavy atom. The van der Waals surface area contributed by atoms with E-state index in [0.717, 1.165) is 38.0 Å². The van der Waals surface area contributed by atoms with Crippen molar-refractivity contribution in [2.45, 2.75) is 31.3 Å². The standard InChI is InChI=1S/C28H37N3O5/c1-29(2)23-10-9-13-25(18-23)34-20-27(33)31-16-17-36-28(21-31,22-35-24-11-5-3-6-12-24)19-26(32)30-14-7-4-8-15-30/h3,5-6,9-13,18H,4,7-8,14-17,19-22H2,1-2H3/t28-/m1/s1. The maximum Gasteiger partial charge on any atom is 0.260 e. The first-order chi connectivity index (χ1) is 17.4. The van der Waals surface area contributed by atoms with Gasteiger partial charge in [-0.05, 0) is 43.5 Å². The number of benzene rings is 2. The molecule has 0 saturated carbocycles. The molecule has 2 aliphatic rings. The molecule has 0 radical (unpaired) electrons. The fourth-order valence-corrected chi connectivity index (χ4v) is 4.65. The molecule has 2 amide bonds. The minimum atomic E-state index is -0.914. The number of hydrogen-bond acceptors (Lipinski definition) is 6. The van der Waals surface area contributed by atoms with Gasteiger partial charge in [-0.1, -0.05) is 24.3 Å². The Labute approximate surface area is 213 Å². The van der Waals surface area contributed by atoms with E-state index in [9.17, 15) is 9.59 Å². The van der Waals surface area contributed by atoms with E-state index < -0.39 is 5.60 Å². The monoisotopic (exact) mass is 495 g/mol. The molecule has 8 nitrogen and oxygen atoms in total. The lowest BCUT2D eigenvalue weighted by Gasteiger charge is -2.43. The highest BCUT2D eigenvalue weighted by molar-refractivity contribution is 5.79. The Kier molecular flexibility index (Phi) is 8.70. The average molecular weight is 496 g/mol. The largest absolute Gasteiger partial charge is 0.490 e. The number of para-hydroxylation sites is 1. The molecule has 8 heteroatoms. The van der Waals surface area contributed by atoms with Crippen LogP contribution < -0.4 is 14.4 Å². The fraction of sp³-hybridized carbons (Fsp3) is 0.500. The quantitative estimate of drug-likeness (QED) is 0.532. The molecule has 0 bridgehead atoms. The molecule has 0 unspecified atom stereocenters. The molecule has 36 heavy (non-hydrogen) atoms. The summed E-state index contributed by atoms with van der Waals surface area (Å²) in [5, 5.41) is 0. The second-order valence-corrected chi connectivity index (χ2v) is 9.75. The average Bonchev–Trinajstić information content (AvgIpc) is 2.92. The van der Waals surface area contributed by atoms with Gasteiger partial charge in [-0.2, -0.15) is 0 Å². The Morgan fingerprint density at radius 1 is 0.889 bits per heavy atom. The van der Waals surface area contributed by atoms with E-state index >= 15 is 0 Å². The number of ether oxygens (including phenoxy) is 3. The third-order valence-electron chi connectivity index (χ3n) is 6.72. The van der Waals surface area contributed by atoms with Gasteiger partial charge in [0.1, 0.15) is 23.7 Å². The first-order valence-electron chi connectivity index (χ1n) is 12.7. The van der Waals surface area contributed by atoms with Gasteiger partial charge in [0.2, 0.25) is 5.91 Å². The molecule has 194 valence electrons. The lowest BCUT2D eigenvalue weighted by Crippen LogP contribution is -2.59. The lowest BCUT2D eigenvalue weighted by molar-refractivity contribution is -0.167. The van der Waals surface area contributed by atoms with Gasteiger partial charge in [0.05, 0.1) is 19.6 Å². The molecule has 2 aliphatic heterocycles. The summed E-state index contributed by atoms with van der Waals surface area (Å²) in [6, 6.07) is 17.1. The summed E-state index contributed by atoms with van der Waals surface area (Å²) in [5.74, 6) is 1.26. The predicted molar refractivity (Wildman–Crippen MR) is 139 cm³/mol. The van der Waals surface area contributed by atoms with Crippen LogP contribution in [0.25, 0.3) is 0 Å². The van der Waals surface area contributed by atoms with E-state index in [1.807, 2.05) is 78.5 Å². The van der Waals surface area contributed by atoms with E-state index in [1.54, 1.807) is 4.90 Å². The summed E-state index contributed by atoms with van der Waals surface area (Å²) in [6.07, 6.45) is 3.38. The van der Waals surface area contributed by atoms with Gasteiger partial charge in [0.15, 0.2) is 6.61 Å². The Balaban J connectivity index is 1.43. The van der Waals surface area contributed by atoms with Crippen molar-refractivity contribution in [1.29, 1.82) is 0 Å². The summed E-state index contributed by atoms with van der Waals surface area (Å²) in [5.41, 5.74) is 0.0861. The number of amides is 2. The summed E-state index contributed by atoms with van der Waals surface area (Å²) in [6.45, 7) is 2.73. The normalized spacial score (nSPS) is 20.1. The molecular formula is C28H37N3O5. The van der Waals surface area contributed by atoms with E-state index in [2.05, 4.69) is 0 Å². The van der Waals surface area contributed by atoms with Crippen molar-refractivity contribution >= 4 is 17.5 Å². The van der Waals surface area contributed by atoms with E-state index in [1.165, 1.54) is 0 Å². The number of likely N-dealkylation sites (tertiary alicyclic amines) is 1. The minimum absolute atomic E-state index is 0.0532. The van der Waals surface area contributed by atoms with Gasteiger partial charge in [0.25, 0.3) is 5.91 Å². The second kappa shape index (κ2) is 12.1. The molecule has 2 saturated heterocycles. The van der Waals surface area contributed by atoms with Crippen molar-refractivity contribution in [2.24, 2.45) is 0 Å². The van der Waals surface area contributed by atoms with Crippen molar-refractivity contribution in [2.75, 3.05) is 65.0 Å². The highest BCUT2D eigenvalue weighted by atomic mass is 16.5. The molecule has 0 aromatic heterocycles. The van der Waals surface area contributed by atoms with E-state index in [4.69, 9.17) is 14.2 Å². The van der Waals surface area contributed by atoms with Crippen LogP contribution in [0.1, 0.15) is 25.7 Å². The molecular weight excluding hydrogens is 458 g/mol. The maximum absolute atomic E-state index is 13.2. The molecule has 2 heterocycles. The van der Waals surface area contributed by atoms with E-state index in [-0.39, 0.29) is 38.0 Å². The fourth-order valence-electron chi connectivity index (χ4n) is 4.65. The smallest absolute Gasteiger partial charge is 0.260 e. The van der Waals surface area contributed by atoms with Gasteiger partial charge >= 0.3 is 0 Å². The Morgan fingerprint density at radius 3 is 2.39 bits per heavy atom. The highest BCUT2D eigenvalue weighted by Crippen LogP contribution is 2.27. The summed E-state index contributed by atoms with van der Waals surface area (Å²) in [7, 11) is 3.92. The van der Waals surface area contributed by atoms with Crippen LogP contribution in [0.2, 0.25) is 0 Å². The lowest BCUT2D eigenvalue weighted by atomic mass is 9.96. The number of morpholine rings is 1. The Hall–Kier alpha value is -3.26. The summed E-state index contributed by atoms with van der Waals surface area (Å²) >= 11 is 0. The number of piperidine rings is 1. The first kappa shape index (κ1) is 25.8. The van der Waals surface area contributed by atoms with Crippen LogP contribution >= 0.6 is 0 Å². The van der Waals surface area contributed by atoms with Crippen LogP contribution in [0.4, 0.5) is 5.69 Å². The zero-order valence-corrected chi connectivity index (χ0v) is 21.4. The zero-order chi connectivity index (χ0) is 25.4. The van der Waals surface area contributed by atoms with Crippen LogP contribution in [-0.2, 0) is 14.3 Å². The topological polar surface area (TPSA) is 71.5 Å². The summed E-state index contributed by atoms with van der Waals surface area (Å²) in [4.78, 5) is 32.0. The van der Waals surface area contributed by atoms with Crippen LogP contribution in [-0.4, -0.2) is 87.3 Å². The number of hydrogen-bond donors (Lipinski definition) is 0. The zero-order valence-electron chi connectivity index (χ0n) is 21.4. The molecule has 0 N–H and O–H groups in total. The van der Waals surface area contributed by atoms with Crippen LogP contribution in [0.15, 0.2) is 54.6 Å². The maximum atomic E-state index is 13.2. The molecule has 0 aliphatic carbocycles. The SMILES string of the molecule is CN(C)c1cccc(OCC(=O)N2CCO[C@](COc3ccccc3)(CC(=O)N3CCCCC3)C2)c1. The number of nitrogens with zero attached hydrogens (tertiary/aromatic N) is 3. The van der Waals surface area contributed by atoms with Gasteiger partial charge in [-0.3, -0.25) is 9.59 Å². The molecule has 2 aromatic carbocycles. The third kappa shape index (κ3) is 6.91. The minimum Gasteiger partial charge on any atom is -0.490 e. The van der Waals surface area contributed by atoms with Gasteiger partial charge < -0.3 is 28.9 Å². The Bertz CT molecular complexity index is 1010.